The van der Waals surface area contributed by atoms with Gasteiger partial charge in [0.25, 0.3) is 0 Å². The van der Waals surface area contributed by atoms with Crippen molar-refractivity contribution in [1.82, 2.24) is 4.31 Å². The second-order valence-corrected chi connectivity index (χ2v) is 7.00. The minimum atomic E-state index is -3.80. The molecule has 1 aliphatic rings. The van der Waals surface area contributed by atoms with Crippen LogP contribution in [0.15, 0.2) is 29.2 Å². The second kappa shape index (κ2) is 6.55. The van der Waals surface area contributed by atoms with Crippen molar-refractivity contribution >= 4 is 16.0 Å². The molecule has 0 heterocycles. The van der Waals surface area contributed by atoms with Crippen LogP contribution in [0, 0.1) is 0 Å². The van der Waals surface area contributed by atoms with E-state index in [9.17, 15) is 13.2 Å². The molecule has 1 fully saturated rings. The fourth-order valence-corrected chi connectivity index (χ4v) is 4.02. The quantitative estimate of drug-likeness (QED) is 0.824. The van der Waals surface area contributed by atoms with Crippen LogP contribution < -0.4 is 0 Å². The predicted molar refractivity (Wildman–Crippen MR) is 76.3 cm³/mol. The Morgan fingerprint density at radius 3 is 2.67 bits per heavy atom. The molecule has 0 saturated heterocycles. The van der Waals surface area contributed by atoms with Gasteiger partial charge in [-0.3, -0.25) is 4.79 Å². The zero-order chi connectivity index (χ0) is 15.5. The summed E-state index contributed by atoms with van der Waals surface area (Å²) >= 11 is 0. The number of hydrogen-bond acceptors (Lipinski definition) is 4. The first-order valence-corrected chi connectivity index (χ1v) is 8.20. The topological polar surface area (TPSA) is 83.9 Å². The summed E-state index contributed by atoms with van der Waals surface area (Å²) in [5.41, 5.74) is 0.738. The number of carboxylic acids is 1. The zero-order valence-electron chi connectivity index (χ0n) is 11.9. The van der Waals surface area contributed by atoms with Crippen LogP contribution in [0.1, 0.15) is 24.8 Å². The fourth-order valence-electron chi connectivity index (χ4n) is 2.32. The van der Waals surface area contributed by atoms with Crippen LogP contribution in [0.4, 0.5) is 0 Å². The summed E-state index contributed by atoms with van der Waals surface area (Å²) in [7, 11) is -2.27. The summed E-state index contributed by atoms with van der Waals surface area (Å²) in [6.45, 7) is -0.187. The van der Waals surface area contributed by atoms with Crippen molar-refractivity contribution in [2.24, 2.45) is 0 Å². The molecule has 0 unspecified atom stereocenters. The Hall–Kier alpha value is -1.44. The maximum atomic E-state index is 12.7. The smallest absolute Gasteiger partial charge is 0.318 e. The van der Waals surface area contributed by atoms with Crippen molar-refractivity contribution in [3.05, 3.63) is 29.8 Å². The summed E-state index contributed by atoms with van der Waals surface area (Å²) < 4.78 is 31.5. The molecule has 0 amide bonds. The van der Waals surface area contributed by atoms with Crippen LogP contribution in [0.2, 0.25) is 0 Å². The average molecular weight is 313 g/mol. The normalized spacial score (nSPS) is 15.9. The van der Waals surface area contributed by atoms with E-state index < -0.39 is 22.5 Å². The maximum absolute atomic E-state index is 12.7. The molecule has 1 N–H and O–H groups in total. The van der Waals surface area contributed by atoms with Crippen LogP contribution in [0.3, 0.4) is 0 Å². The standard InChI is InChI=1S/C14H19NO5S/c1-20-10-11-4-2-7-13(8-11)21(18,19)15(9-14(16)17)12-5-3-6-12/h2,4,7-8,12H,3,5-6,9-10H2,1H3,(H,16,17). The molecule has 7 heteroatoms. The van der Waals surface area contributed by atoms with Gasteiger partial charge < -0.3 is 9.84 Å². The number of sulfonamides is 1. The van der Waals surface area contributed by atoms with E-state index in [1.807, 2.05) is 0 Å². The molecule has 0 atom stereocenters. The Labute approximate surface area is 124 Å². The summed E-state index contributed by atoms with van der Waals surface area (Å²) in [5.74, 6) is -1.14. The van der Waals surface area contributed by atoms with Gasteiger partial charge in [-0.05, 0) is 30.5 Å². The lowest BCUT2D eigenvalue weighted by Gasteiger charge is -2.35. The van der Waals surface area contributed by atoms with Crippen molar-refractivity contribution in [3.8, 4) is 0 Å². The van der Waals surface area contributed by atoms with Crippen molar-refractivity contribution < 1.29 is 23.1 Å². The first-order valence-electron chi connectivity index (χ1n) is 6.76. The molecule has 0 aromatic heterocycles. The molecule has 0 aliphatic heterocycles. The number of benzene rings is 1. The number of ether oxygens (including phenoxy) is 1. The number of carboxylic acid groups (broad SMARTS) is 1. The number of rotatable bonds is 7. The molecular formula is C14H19NO5S. The van der Waals surface area contributed by atoms with Crippen molar-refractivity contribution in [2.45, 2.75) is 36.8 Å². The van der Waals surface area contributed by atoms with Gasteiger partial charge in [0.05, 0.1) is 11.5 Å². The number of carbonyl (C=O) groups is 1. The molecule has 6 nitrogen and oxygen atoms in total. The first kappa shape index (κ1) is 15.9. The highest BCUT2D eigenvalue weighted by Crippen LogP contribution is 2.30. The SMILES string of the molecule is COCc1cccc(S(=O)(=O)N(CC(=O)O)C2CCC2)c1. The van der Waals surface area contributed by atoms with Crippen LogP contribution in [-0.4, -0.2) is 43.5 Å². The Morgan fingerprint density at radius 2 is 2.14 bits per heavy atom. The number of nitrogens with zero attached hydrogens (tertiary/aromatic N) is 1. The lowest BCUT2D eigenvalue weighted by molar-refractivity contribution is -0.137. The molecule has 1 aromatic carbocycles. The van der Waals surface area contributed by atoms with Gasteiger partial charge in [0.1, 0.15) is 6.54 Å². The van der Waals surface area contributed by atoms with E-state index in [1.165, 1.54) is 19.2 Å². The van der Waals surface area contributed by atoms with E-state index >= 15 is 0 Å². The van der Waals surface area contributed by atoms with Gasteiger partial charge in [0, 0.05) is 13.2 Å². The van der Waals surface area contributed by atoms with E-state index in [4.69, 9.17) is 9.84 Å². The van der Waals surface area contributed by atoms with E-state index in [-0.39, 0.29) is 10.9 Å². The van der Waals surface area contributed by atoms with E-state index in [0.717, 1.165) is 16.3 Å². The summed E-state index contributed by atoms with van der Waals surface area (Å²) in [6.07, 6.45) is 2.36. The molecule has 0 radical (unpaired) electrons. The molecule has 2 rings (SSSR count). The third kappa shape index (κ3) is 3.61. The van der Waals surface area contributed by atoms with E-state index in [0.29, 0.717) is 19.4 Å². The van der Waals surface area contributed by atoms with Crippen LogP contribution in [-0.2, 0) is 26.2 Å². The Kier molecular flexibility index (Phi) is 4.97. The molecule has 116 valence electrons. The van der Waals surface area contributed by atoms with Crippen molar-refractivity contribution in [3.63, 3.8) is 0 Å². The summed E-state index contributed by atoms with van der Waals surface area (Å²) in [4.78, 5) is 11.1. The molecule has 1 aromatic rings. The summed E-state index contributed by atoms with van der Waals surface area (Å²) in [5, 5.41) is 8.98. The number of methoxy groups -OCH3 is 1. The monoisotopic (exact) mass is 313 g/mol. The first-order chi connectivity index (χ1) is 9.95. The highest BCUT2D eigenvalue weighted by atomic mass is 32.2. The predicted octanol–water partition coefficient (Wildman–Crippen LogP) is 1.46. The third-order valence-electron chi connectivity index (χ3n) is 3.59. The van der Waals surface area contributed by atoms with Crippen LogP contribution in [0.25, 0.3) is 0 Å². The highest BCUT2D eigenvalue weighted by molar-refractivity contribution is 7.89. The van der Waals surface area contributed by atoms with Gasteiger partial charge in [-0.25, -0.2) is 8.42 Å². The Balaban J connectivity index is 2.32. The third-order valence-corrected chi connectivity index (χ3v) is 5.48. The van der Waals surface area contributed by atoms with Crippen molar-refractivity contribution in [2.75, 3.05) is 13.7 Å². The van der Waals surface area contributed by atoms with Crippen molar-refractivity contribution in [1.29, 1.82) is 0 Å². The Bertz CT molecular complexity index is 610. The molecule has 0 bridgehead atoms. The molecular weight excluding hydrogens is 294 g/mol. The minimum Gasteiger partial charge on any atom is -0.480 e. The fraction of sp³-hybridized carbons (Fsp3) is 0.500. The van der Waals surface area contributed by atoms with Gasteiger partial charge in [-0.15, -0.1) is 0 Å². The van der Waals surface area contributed by atoms with Gasteiger partial charge in [0.2, 0.25) is 10.0 Å². The second-order valence-electron chi connectivity index (χ2n) is 5.11. The van der Waals surface area contributed by atoms with Gasteiger partial charge >= 0.3 is 5.97 Å². The zero-order valence-corrected chi connectivity index (χ0v) is 12.7. The van der Waals surface area contributed by atoms with Gasteiger partial charge in [-0.2, -0.15) is 4.31 Å². The number of aliphatic carboxylic acids is 1. The minimum absolute atomic E-state index is 0.116. The average Bonchev–Trinajstić information content (AvgIpc) is 2.36. The lowest BCUT2D eigenvalue weighted by atomic mass is 9.93. The van der Waals surface area contributed by atoms with E-state index in [2.05, 4.69) is 0 Å². The highest BCUT2D eigenvalue weighted by Gasteiger charge is 2.36. The van der Waals surface area contributed by atoms with Gasteiger partial charge in [-0.1, -0.05) is 18.6 Å². The number of hydrogen-bond donors (Lipinski definition) is 1. The molecule has 21 heavy (non-hydrogen) atoms. The van der Waals surface area contributed by atoms with Crippen LogP contribution >= 0.6 is 0 Å². The Morgan fingerprint density at radius 1 is 1.43 bits per heavy atom. The largest absolute Gasteiger partial charge is 0.480 e. The maximum Gasteiger partial charge on any atom is 0.318 e. The van der Waals surface area contributed by atoms with E-state index in [1.54, 1.807) is 12.1 Å². The van der Waals surface area contributed by atoms with Crippen LogP contribution in [0.5, 0.6) is 0 Å². The molecule has 1 aliphatic carbocycles. The lowest BCUT2D eigenvalue weighted by Crippen LogP contribution is -2.46. The van der Waals surface area contributed by atoms with Gasteiger partial charge in [0.15, 0.2) is 0 Å². The molecule has 0 spiro atoms. The summed E-state index contributed by atoms with van der Waals surface area (Å²) in [6, 6.07) is 6.22. The molecule has 1 saturated carbocycles.